The van der Waals surface area contributed by atoms with Crippen LogP contribution in [0.4, 0.5) is 30.7 Å². The monoisotopic (exact) mass is 351 g/mol. The van der Waals surface area contributed by atoms with Gasteiger partial charge in [-0.25, -0.2) is 4.39 Å². The number of alkyl halides is 6. The van der Waals surface area contributed by atoms with Crippen LogP contribution >= 0.6 is 12.4 Å². The van der Waals surface area contributed by atoms with Gasteiger partial charge in [-0.3, -0.25) is 0 Å². The molecule has 0 aliphatic heterocycles. The van der Waals surface area contributed by atoms with Crippen LogP contribution in [0.3, 0.4) is 0 Å². The smallest absolute Gasteiger partial charge is 0.324 e. The van der Waals surface area contributed by atoms with Crippen molar-refractivity contribution < 1.29 is 30.7 Å². The Morgan fingerprint density at radius 1 is 1.05 bits per heavy atom. The van der Waals surface area contributed by atoms with Gasteiger partial charge in [-0.2, -0.15) is 26.3 Å². The van der Waals surface area contributed by atoms with Crippen molar-refractivity contribution >= 4 is 12.4 Å². The maximum absolute atomic E-state index is 13.8. The van der Waals surface area contributed by atoms with Crippen LogP contribution in [0.25, 0.3) is 0 Å². The summed E-state index contributed by atoms with van der Waals surface area (Å²) in [4.78, 5) is 0. The summed E-state index contributed by atoms with van der Waals surface area (Å²) in [5.41, 5.74) is 1.36. The van der Waals surface area contributed by atoms with E-state index in [1.54, 1.807) is 0 Å². The summed E-state index contributed by atoms with van der Waals surface area (Å²) in [7, 11) is 0. The van der Waals surface area contributed by atoms with Crippen molar-refractivity contribution in [2.24, 2.45) is 11.7 Å². The highest BCUT2D eigenvalue weighted by Crippen LogP contribution is 2.43. The van der Waals surface area contributed by atoms with E-state index in [4.69, 9.17) is 5.73 Å². The zero-order valence-electron chi connectivity index (χ0n) is 11.1. The molecule has 1 fully saturated rings. The lowest BCUT2D eigenvalue weighted by Gasteiger charge is -2.21. The molecule has 1 atom stereocenters. The van der Waals surface area contributed by atoms with Gasteiger partial charge < -0.3 is 5.73 Å². The third-order valence-corrected chi connectivity index (χ3v) is 3.42. The molecule has 0 heterocycles. The molecular formula is C13H13ClF7N. The normalized spacial score (nSPS) is 17.1. The molecular weight excluding hydrogens is 339 g/mol. The number of hydrogen-bond donors (Lipinski definition) is 1. The third kappa shape index (κ3) is 4.25. The van der Waals surface area contributed by atoms with Crippen LogP contribution in [0.5, 0.6) is 0 Å². The number of halogens is 8. The average Bonchev–Trinajstić information content (AvgIpc) is 3.09. The lowest BCUT2D eigenvalue weighted by Crippen LogP contribution is -2.21. The Morgan fingerprint density at radius 2 is 1.59 bits per heavy atom. The van der Waals surface area contributed by atoms with Gasteiger partial charge in [0.15, 0.2) is 0 Å². The molecule has 9 heteroatoms. The van der Waals surface area contributed by atoms with E-state index in [-0.39, 0.29) is 36.9 Å². The summed E-state index contributed by atoms with van der Waals surface area (Å²) in [6, 6.07) is -1.28. The van der Waals surface area contributed by atoms with E-state index < -0.39 is 40.9 Å². The van der Waals surface area contributed by atoms with Crippen molar-refractivity contribution in [2.75, 3.05) is 0 Å². The van der Waals surface area contributed by atoms with Gasteiger partial charge in [0.05, 0.1) is 11.1 Å². The standard InChI is InChI=1S/C13H12F7N.ClH/c14-9-5-7(12(15,16)17)4-8(13(18,19)20)11(9)10(21)3-6-1-2-6;/h4-6,10H,1-3,21H2;1H/t10-;/m0./s1. The molecule has 126 valence electrons. The topological polar surface area (TPSA) is 26.0 Å². The predicted octanol–water partition coefficient (Wildman–Crippen LogP) is 5.09. The molecule has 1 aliphatic carbocycles. The number of benzene rings is 1. The minimum absolute atomic E-state index is 0. The molecule has 22 heavy (non-hydrogen) atoms. The predicted molar refractivity (Wildman–Crippen MR) is 67.9 cm³/mol. The van der Waals surface area contributed by atoms with Crippen LogP contribution < -0.4 is 5.73 Å². The highest BCUT2D eigenvalue weighted by atomic mass is 35.5. The molecule has 1 nitrogen and oxygen atoms in total. The van der Waals surface area contributed by atoms with Gasteiger partial charge in [-0.1, -0.05) is 12.8 Å². The van der Waals surface area contributed by atoms with Gasteiger partial charge >= 0.3 is 12.4 Å². The van der Waals surface area contributed by atoms with Crippen molar-refractivity contribution in [3.8, 4) is 0 Å². The summed E-state index contributed by atoms with van der Waals surface area (Å²) in [5.74, 6) is -1.45. The molecule has 2 rings (SSSR count). The first kappa shape index (κ1) is 19.0. The van der Waals surface area contributed by atoms with Gasteiger partial charge in [0.2, 0.25) is 0 Å². The van der Waals surface area contributed by atoms with Crippen LogP contribution in [-0.4, -0.2) is 0 Å². The first-order valence-electron chi connectivity index (χ1n) is 6.23. The van der Waals surface area contributed by atoms with Gasteiger partial charge in [0, 0.05) is 11.6 Å². The van der Waals surface area contributed by atoms with Gasteiger partial charge in [0.25, 0.3) is 0 Å². The summed E-state index contributed by atoms with van der Waals surface area (Å²) in [6.07, 6.45) is -8.45. The second-order valence-corrected chi connectivity index (χ2v) is 5.20. The Kier molecular flexibility index (Phi) is 5.39. The fourth-order valence-electron chi connectivity index (χ4n) is 2.22. The van der Waals surface area contributed by atoms with Gasteiger partial charge in [-0.05, 0) is 24.5 Å². The van der Waals surface area contributed by atoms with E-state index in [2.05, 4.69) is 0 Å². The van der Waals surface area contributed by atoms with Crippen molar-refractivity contribution in [2.45, 2.75) is 37.7 Å². The first-order chi connectivity index (χ1) is 9.50. The van der Waals surface area contributed by atoms with Gasteiger partial charge in [-0.15, -0.1) is 12.4 Å². The van der Waals surface area contributed by atoms with Crippen molar-refractivity contribution in [3.05, 3.63) is 34.6 Å². The highest BCUT2D eigenvalue weighted by molar-refractivity contribution is 5.85. The molecule has 0 amide bonds. The Hall–Kier alpha value is -1.02. The fourth-order valence-corrected chi connectivity index (χ4v) is 2.22. The molecule has 1 aromatic carbocycles. The van der Waals surface area contributed by atoms with E-state index in [1.807, 2.05) is 0 Å². The number of rotatable bonds is 3. The number of hydrogen-bond acceptors (Lipinski definition) is 1. The Balaban J connectivity index is 0.00000242. The Bertz CT molecular complexity index is 534. The van der Waals surface area contributed by atoms with E-state index in [9.17, 15) is 30.7 Å². The van der Waals surface area contributed by atoms with Crippen LogP contribution in [-0.2, 0) is 12.4 Å². The van der Waals surface area contributed by atoms with Crippen molar-refractivity contribution in [3.63, 3.8) is 0 Å². The number of nitrogens with two attached hydrogens (primary N) is 1. The molecule has 0 aromatic heterocycles. The largest absolute Gasteiger partial charge is 0.416 e. The van der Waals surface area contributed by atoms with Crippen molar-refractivity contribution in [1.29, 1.82) is 0 Å². The summed E-state index contributed by atoms with van der Waals surface area (Å²) < 4.78 is 90.1. The molecule has 0 radical (unpaired) electrons. The van der Waals surface area contributed by atoms with Gasteiger partial charge in [0.1, 0.15) is 5.82 Å². The zero-order valence-corrected chi connectivity index (χ0v) is 11.9. The highest BCUT2D eigenvalue weighted by Gasteiger charge is 2.41. The third-order valence-electron chi connectivity index (χ3n) is 3.42. The quantitative estimate of drug-likeness (QED) is 0.755. The van der Waals surface area contributed by atoms with Crippen LogP contribution in [0.2, 0.25) is 0 Å². The SMILES string of the molecule is Cl.N[C@@H](CC1CC1)c1c(F)cc(C(F)(F)F)cc1C(F)(F)F. The second-order valence-electron chi connectivity index (χ2n) is 5.20. The lowest BCUT2D eigenvalue weighted by molar-refractivity contribution is -0.144. The molecule has 1 aromatic rings. The molecule has 0 unspecified atom stereocenters. The average molecular weight is 352 g/mol. The molecule has 1 saturated carbocycles. The zero-order chi connectivity index (χ0) is 16.0. The maximum Gasteiger partial charge on any atom is 0.416 e. The summed E-state index contributed by atoms with van der Waals surface area (Å²) in [6.45, 7) is 0. The molecule has 0 spiro atoms. The molecule has 0 saturated heterocycles. The maximum atomic E-state index is 13.8. The molecule has 0 bridgehead atoms. The fraction of sp³-hybridized carbons (Fsp3) is 0.538. The molecule has 1 aliphatic rings. The van der Waals surface area contributed by atoms with E-state index >= 15 is 0 Å². The van der Waals surface area contributed by atoms with Crippen molar-refractivity contribution in [1.82, 2.24) is 0 Å². The second kappa shape index (κ2) is 6.23. The summed E-state index contributed by atoms with van der Waals surface area (Å²) in [5, 5.41) is 0. The molecule has 2 N–H and O–H groups in total. The minimum Gasteiger partial charge on any atom is -0.324 e. The van der Waals surface area contributed by atoms with Crippen LogP contribution in [0.15, 0.2) is 12.1 Å². The summed E-state index contributed by atoms with van der Waals surface area (Å²) >= 11 is 0. The van der Waals surface area contributed by atoms with E-state index in [0.29, 0.717) is 0 Å². The first-order valence-corrected chi connectivity index (χ1v) is 6.23. The van der Waals surface area contributed by atoms with Crippen LogP contribution in [0.1, 0.15) is 42.0 Å². The Morgan fingerprint density at radius 3 is 2.00 bits per heavy atom. The van der Waals surface area contributed by atoms with Crippen LogP contribution in [0, 0.1) is 11.7 Å². The Labute approximate surface area is 128 Å². The van der Waals surface area contributed by atoms with E-state index in [0.717, 1.165) is 12.8 Å². The lowest BCUT2D eigenvalue weighted by atomic mass is 9.94. The minimum atomic E-state index is -5.10. The van der Waals surface area contributed by atoms with E-state index in [1.165, 1.54) is 0 Å².